The summed E-state index contributed by atoms with van der Waals surface area (Å²) in [4.78, 5) is 28.4. The molecule has 0 aromatic rings. The highest BCUT2D eigenvalue weighted by molar-refractivity contribution is 7.99. The second kappa shape index (κ2) is 8.10. The number of carbonyl (C=O) groups is 2. The van der Waals surface area contributed by atoms with Gasteiger partial charge in [-0.05, 0) is 12.8 Å². The molecule has 20 heavy (non-hydrogen) atoms. The molecule has 2 atom stereocenters. The number of hydrogen-bond acceptors (Lipinski definition) is 4. The Morgan fingerprint density at radius 1 is 1.30 bits per heavy atom. The Kier molecular flexibility index (Phi) is 7.12. The molecule has 0 bridgehead atoms. The molecule has 5 nitrogen and oxygen atoms in total. The minimum Gasteiger partial charge on any atom is -0.339 e. The zero-order valence-electron chi connectivity index (χ0n) is 11.9. The fourth-order valence-electron chi connectivity index (χ4n) is 2.67. The van der Waals surface area contributed by atoms with Crippen molar-refractivity contribution in [2.45, 2.75) is 25.8 Å². The molecule has 2 heterocycles. The third kappa shape index (κ3) is 3.80. The van der Waals surface area contributed by atoms with E-state index in [1.165, 1.54) is 0 Å². The van der Waals surface area contributed by atoms with Gasteiger partial charge in [0.15, 0.2) is 0 Å². The van der Waals surface area contributed by atoms with Gasteiger partial charge in [-0.3, -0.25) is 9.59 Å². The maximum atomic E-state index is 12.5. The predicted octanol–water partition coefficient (Wildman–Crippen LogP) is 0.569. The molecule has 0 saturated carbocycles. The van der Waals surface area contributed by atoms with Gasteiger partial charge in [0.25, 0.3) is 0 Å². The topological polar surface area (TPSA) is 66.6 Å². The van der Waals surface area contributed by atoms with Crippen LogP contribution in [0.5, 0.6) is 0 Å². The van der Waals surface area contributed by atoms with E-state index >= 15 is 0 Å². The fourth-order valence-corrected chi connectivity index (χ4v) is 3.57. The summed E-state index contributed by atoms with van der Waals surface area (Å²) in [6.45, 7) is 4.50. The van der Waals surface area contributed by atoms with Crippen LogP contribution in [0.25, 0.3) is 0 Å². The van der Waals surface area contributed by atoms with Gasteiger partial charge in [0.2, 0.25) is 11.8 Å². The van der Waals surface area contributed by atoms with Gasteiger partial charge >= 0.3 is 0 Å². The minimum absolute atomic E-state index is 0. The Balaban J connectivity index is 0.00000200. The number of rotatable bonds is 3. The number of hydrogen-bond donors (Lipinski definition) is 1. The van der Waals surface area contributed by atoms with E-state index in [2.05, 4.69) is 0 Å². The van der Waals surface area contributed by atoms with Crippen molar-refractivity contribution >= 4 is 36.0 Å². The lowest BCUT2D eigenvalue weighted by molar-refractivity contribution is -0.145. The molecule has 2 aliphatic rings. The van der Waals surface area contributed by atoms with Gasteiger partial charge in [-0.15, -0.1) is 12.4 Å². The smallest absolute Gasteiger partial charge is 0.245 e. The van der Waals surface area contributed by atoms with Gasteiger partial charge in [0.1, 0.15) is 6.04 Å². The van der Waals surface area contributed by atoms with Crippen LogP contribution in [0.3, 0.4) is 0 Å². The van der Waals surface area contributed by atoms with Gasteiger partial charge in [-0.1, -0.05) is 6.92 Å². The van der Waals surface area contributed by atoms with Crippen LogP contribution in [-0.4, -0.2) is 65.3 Å². The van der Waals surface area contributed by atoms with Gasteiger partial charge in [0, 0.05) is 43.6 Å². The third-order valence-corrected chi connectivity index (χ3v) is 4.86. The van der Waals surface area contributed by atoms with E-state index in [1.807, 2.05) is 23.6 Å². The van der Waals surface area contributed by atoms with Gasteiger partial charge in [0.05, 0.1) is 0 Å². The van der Waals surface area contributed by atoms with Crippen molar-refractivity contribution in [3.8, 4) is 0 Å². The highest BCUT2D eigenvalue weighted by atomic mass is 35.5. The molecule has 0 aromatic carbocycles. The molecule has 2 amide bonds. The van der Waals surface area contributed by atoms with Gasteiger partial charge in [-0.2, -0.15) is 11.8 Å². The Morgan fingerprint density at radius 3 is 2.55 bits per heavy atom. The summed E-state index contributed by atoms with van der Waals surface area (Å²) in [6, 6.07) is -0.246. The molecule has 2 aliphatic heterocycles. The number of carbonyl (C=O) groups excluding carboxylic acids is 2. The molecule has 2 rings (SSSR count). The van der Waals surface area contributed by atoms with Gasteiger partial charge in [-0.25, -0.2) is 0 Å². The minimum atomic E-state index is -0.246. The lowest BCUT2D eigenvalue weighted by Gasteiger charge is -2.33. The lowest BCUT2D eigenvalue weighted by atomic mass is 10.1. The van der Waals surface area contributed by atoms with Crippen LogP contribution in [0.15, 0.2) is 0 Å². The van der Waals surface area contributed by atoms with Crippen LogP contribution in [0.2, 0.25) is 0 Å². The summed E-state index contributed by atoms with van der Waals surface area (Å²) in [6.07, 6.45) is 1.72. The maximum Gasteiger partial charge on any atom is 0.245 e. The second-order valence-corrected chi connectivity index (χ2v) is 6.49. The SMILES string of the molecule is CC(CN)C(=O)N1CCCC1C(=O)N1CCSCC1.Cl. The van der Waals surface area contributed by atoms with E-state index in [0.717, 1.165) is 37.4 Å². The Hall–Kier alpha value is -0.460. The number of nitrogens with zero attached hydrogens (tertiary/aromatic N) is 2. The van der Waals surface area contributed by atoms with Crippen LogP contribution in [0, 0.1) is 5.92 Å². The van der Waals surface area contributed by atoms with E-state index in [0.29, 0.717) is 13.1 Å². The van der Waals surface area contributed by atoms with Crippen molar-refractivity contribution in [1.82, 2.24) is 9.80 Å². The normalized spacial score (nSPS) is 24.2. The predicted molar refractivity (Wildman–Crippen MR) is 84.1 cm³/mol. The number of thioether (sulfide) groups is 1. The molecular formula is C13H24ClN3O2S. The van der Waals surface area contributed by atoms with Crippen LogP contribution in [0.1, 0.15) is 19.8 Å². The fraction of sp³-hybridized carbons (Fsp3) is 0.846. The first-order valence-electron chi connectivity index (χ1n) is 7.02. The van der Waals surface area contributed by atoms with Crippen LogP contribution in [0.4, 0.5) is 0 Å². The number of nitrogens with two attached hydrogens (primary N) is 1. The first-order chi connectivity index (χ1) is 9.15. The highest BCUT2D eigenvalue weighted by Crippen LogP contribution is 2.22. The molecule has 116 valence electrons. The summed E-state index contributed by atoms with van der Waals surface area (Å²) < 4.78 is 0. The number of halogens is 1. The van der Waals surface area contributed by atoms with Crippen molar-refractivity contribution in [3.05, 3.63) is 0 Å². The molecule has 0 spiro atoms. The van der Waals surface area contributed by atoms with Crippen LogP contribution in [-0.2, 0) is 9.59 Å². The van der Waals surface area contributed by atoms with Gasteiger partial charge < -0.3 is 15.5 Å². The van der Waals surface area contributed by atoms with E-state index in [4.69, 9.17) is 5.73 Å². The van der Waals surface area contributed by atoms with E-state index in [9.17, 15) is 9.59 Å². The van der Waals surface area contributed by atoms with Crippen LogP contribution >= 0.6 is 24.2 Å². The Bertz CT molecular complexity index is 351. The summed E-state index contributed by atoms with van der Waals surface area (Å²) in [5.41, 5.74) is 5.56. The average molecular weight is 322 g/mol. The first-order valence-corrected chi connectivity index (χ1v) is 8.17. The van der Waals surface area contributed by atoms with Crippen molar-refractivity contribution in [2.75, 3.05) is 37.7 Å². The maximum absolute atomic E-state index is 12.5. The Labute approximate surface area is 131 Å². The van der Waals surface area contributed by atoms with Crippen molar-refractivity contribution in [2.24, 2.45) is 11.7 Å². The highest BCUT2D eigenvalue weighted by Gasteiger charge is 2.37. The van der Waals surface area contributed by atoms with E-state index < -0.39 is 0 Å². The van der Waals surface area contributed by atoms with Crippen molar-refractivity contribution < 1.29 is 9.59 Å². The molecule has 2 saturated heterocycles. The first kappa shape index (κ1) is 17.6. The molecule has 2 unspecified atom stereocenters. The van der Waals surface area contributed by atoms with E-state index in [-0.39, 0.29) is 36.2 Å². The third-order valence-electron chi connectivity index (χ3n) is 3.92. The zero-order valence-corrected chi connectivity index (χ0v) is 13.5. The summed E-state index contributed by atoms with van der Waals surface area (Å²) in [5, 5.41) is 0. The second-order valence-electron chi connectivity index (χ2n) is 5.26. The summed E-state index contributed by atoms with van der Waals surface area (Å²) in [5.74, 6) is 1.99. The lowest BCUT2D eigenvalue weighted by Crippen LogP contribution is -2.51. The Morgan fingerprint density at radius 2 is 1.95 bits per heavy atom. The van der Waals surface area contributed by atoms with Crippen LogP contribution < -0.4 is 5.73 Å². The molecular weight excluding hydrogens is 298 g/mol. The van der Waals surface area contributed by atoms with Crippen molar-refractivity contribution in [3.63, 3.8) is 0 Å². The molecule has 2 N–H and O–H groups in total. The molecule has 2 fully saturated rings. The molecule has 0 radical (unpaired) electrons. The summed E-state index contributed by atoms with van der Waals surface area (Å²) >= 11 is 1.88. The number of likely N-dealkylation sites (tertiary alicyclic amines) is 1. The van der Waals surface area contributed by atoms with E-state index in [1.54, 1.807) is 4.90 Å². The zero-order chi connectivity index (χ0) is 13.8. The van der Waals surface area contributed by atoms with Crippen molar-refractivity contribution in [1.29, 1.82) is 0 Å². The largest absolute Gasteiger partial charge is 0.339 e. The molecule has 0 aliphatic carbocycles. The molecule has 7 heteroatoms. The number of amides is 2. The summed E-state index contributed by atoms with van der Waals surface area (Å²) in [7, 11) is 0. The molecule has 0 aromatic heterocycles. The monoisotopic (exact) mass is 321 g/mol. The average Bonchev–Trinajstić information content (AvgIpc) is 2.95. The standard InChI is InChI=1S/C13H23N3O2S.ClH/c1-10(9-14)12(17)16-4-2-3-11(16)13(18)15-5-7-19-8-6-15;/h10-11H,2-9,14H2,1H3;1H. The quantitative estimate of drug-likeness (QED) is 0.825.